The predicted octanol–water partition coefficient (Wildman–Crippen LogP) is 1.50. The van der Waals surface area contributed by atoms with E-state index in [1.54, 1.807) is 0 Å². The van der Waals surface area contributed by atoms with Gasteiger partial charge in [-0.2, -0.15) is 0 Å². The normalized spacial score (nSPS) is 19.9. The zero-order chi connectivity index (χ0) is 14.1. The average Bonchev–Trinajstić information content (AvgIpc) is 2.87. The van der Waals surface area contributed by atoms with Crippen molar-refractivity contribution in [2.24, 2.45) is 0 Å². The Morgan fingerprint density at radius 2 is 2.26 bits per heavy atom. The predicted molar refractivity (Wildman–Crippen MR) is 71.1 cm³/mol. The highest BCUT2D eigenvalue weighted by molar-refractivity contribution is 5.82. The van der Waals surface area contributed by atoms with Crippen LogP contribution in [0.1, 0.15) is 45.4 Å². The molecule has 2 amide bonds. The van der Waals surface area contributed by atoms with E-state index in [0.29, 0.717) is 13.0 Å². The number of hydrogen-bond donors (Lipinski definition) is 3. The van der Waals surface area contributed by atoms with Crippen LogP contribution in [0.25, 0.3) is 0 Å². The molecule has 1 saturated heterocycles. The van der Waals surface area contributed by atoms with Crippen molar-refractivity contribution in [3.8, 4) is 0 Å². The molecule has 0 bridgehead atoms. The Labute approximate surface area is 113 Å². The SMILES string of the molecule is CCCC[C@H](NC(=O)NCCC1CCCO1)C(=O)O. The fraction of sp³-hybridized carbons (Fsp3) is 0.846. The summed E-state index contributed by atoms with van der Waals surface area (Å²) in [6.45, 7) is 3.30. The number of urea groups is 1. The molecule has 19 heavy (non-hydrogen) atoms. The lowest BCUT2D eigenvalue weighted by molar-refractivity contribution is -0.139. The van der Waals surface area contributed by atoms with Gasteiger partial charge in [-0.1, -0.05) is 19.8 Å². The quantitative estimate of drug-likeness (QED) is 0.625. The molecule has 0 aliphatic carbocycles. The van der Waals surface area contributed by atoms with E-state index in [4.69, 9.17) is 9.84 Å². The third kappa shape index (κ3) is 6.42. The molecular formula is C13H24N2O4. The molecule has 2 atom stereocenters. The minimum Gasteiger partial charge on any atom is -0.480 e. The first-order chi connectivity index (χ1) is 9.13. The van der Waals surface area contributed by atoms with Gasteiger partial charge in [0.15, 0.2) is 0 Å². The van der Waals surface area contributed by atoms with Gasteiger partial charge in [-0.3, -0.25) is 0 Å². The zero-order valence-electron chi connectivity index (χ0n) is 11.5. The van der Waals surface area contributed by atoms with Crippen LogP contribution in [0.15, 0.2) is 0 Å². The van der Waals surface area contributed by atoms with Crippen molar-refractivity contribution in [3.63, 3.8) is 0 Å². The van der Waals surface area contributed by atoms with Crippen molar-refractivity contribution in [3.05, 3.63) is 0 Å². The monoisotopic (exact) mass is 272 g/mol. The number of aliphatic carboxylic acids is 1. The average molecular weight is 272 g/mol. The summed E-state index contributed by atoms with van der Waals surface area (Å²) in [7, 11) is 0. The van der Waals surface area contributed by atoms with Crippen molar-refractivity contribution < 1.29 is 19.4 Å². The number of carboxylic acid groups (broad SMARTS) is 1. The van der Waals surface area contributed by atoms with Crippen molar-refractivity contribution in [1.29, 1.82) is 0 Å². The summed E-state index contributed by atoms with van der Waals surface area (Å²) in [4.78, 5) is 22.5. The fourth-order valence-electron chi connectivity index (χ4n) is 2.09. The van der Waals surface area contributed by atoms with Gasteiger partial charge in [-0.25, -0.2) is 9.59 Å². The Morgan fingerprint density at radius 3 is 2.84 bits per heavy atom. The van der Waals surface area contributed by atoms with E-state index >= 15 is 0 Å². The molecule has 1 rings (SSSR count). The van der Waals surface area contributed by atoms with Crippen LogP contribution in [0.5, 0.6) is 0 Å². The van der Waals surface area contributed by atoms with Gasteiger partial charge >= 0.3 is 12.0 Å². The summed E-state index contributed by atoms with van der Waals surface area (Å²) in [5.74, 6) is -0.984. The third-order valence-electron chi connectivity index (χ3n) is 3.23. The summed E-state index contributed by atoms with van der Waals surface area (Å²) in [6, 6.07) is -1.22. The number of unbranched alkanes of at least 4 members (excludes halogenated alkanes) is 1. The topological polar surface area (TPSA) is 87.7 Å². The van der Waals surface area contributed by atoms with Gasteiger partial charge in [0.2, 0.25) is 0 Å². The third-order valence-corrected chi connectivity index (χ3v) is 3.23. The van der Waals surface area contributed by atoms with Crippen molar-refractivity contribution >= 4 is 12.0 Å². The van der Waals surface area contributed by atoms with E-state index in [2.05, 4.69) is 10.6 Å². The van der Waals surface area contributed by atoms with Gasteiger partial charge in [0.05, 0.1) is 6.10 Å². The van der Waals surface area contributed by atoms with Gasteiger partial charge in [-0.05, 0) is 25.7 Å². The second-order valence-corrected chi connectivity index (χ2v) is 4.86. The second-order valence-electron chi connectivity index (χ2n) is 4.86. The highest BCUT2D eigenvalue weighted by atomic mass is 16.5. The molecule has 6 heteroatoms. The first-order valence-corrected chi connectivity index (χ1v) is 7.02. The van der Waals surface area contributed by atoms with Crippen molar-refractivity contribution in [1.82, 2.24) is 10.6 Å². The molecule has 110 valence electrons. The highest BCUT2D eigenvalue weighted by Gasteiger charge is 2.19. The summed E-state index contributed by atoms with van der Waals surface area (Å²) in [6.07, 6.45) is 5.28. The number of rotatable bonds is 8. The Hall–Kier alpha value is -1.30. The summed E-state index contributed by atoms with van der Waals surface area (Å²) >= 11 is 0. The van der Waals surface area contributed by atoms with E-state index < -0.39 is 18.0 Å². The van der Waals surface area contributed by atoms with Crippen LogP contribution in [0, 0.1) is 0 Å². The van der Waals surface area contributed by atoms with Crippen LogP contribution in [-0.4, -0.2) is 42.4 Å². The molecule has 0 aromatic heterocycles. The first kappa shape index (κ1) is 15.8. The van der Waals surface area contributed by atoms with Gasteiger partial charge in [0.1, 0.15) is 6.04 Å². The van der Waals surface area contributed by atoms with Crippen LogP contribution in [0.3, 0.4) is 0 Å². The van der Waals surface area contributed by atoms with Gasteiger partial charge in [-0.15, -0.1) is 0 Å². The highest BCUT2D eigenvalue weighted by Crippen LogP contribution is 2.14. The lowest BCUT2D eigenvalue weighted by Gasteiger charge is -2.15. The first-order valence-electron chi connectivity index (χ1n) is 7.02. The minimum atomic E-state index is -0.984. The zero-order valence-corrected chi connectivity index (χ0v) is 11.5. The van der Waals surface area contributed by atoms with Crippen LogP contribution in [-0.2, 0) is 9.53 Å². The maximum atomic E-state index is 11.6. The van der Waals surface area contributed by atoms with E-state index in [-0.39, 0.29) is 6.10 Å². The lowest BCUT2D eigenvalue weighted by atomic mass is 10.1. The molecule has 1 aliphatic rings. The molecule has 1 heterocycles. The minimum absolute atomic E-state index is 0.232. The molecule has 6 nitrogen and oxygen atoms in total. The van der Waals surface area contributed by atoms with E-state index in [1.807, 2.05) is 6.92 Å². The van der Waals surface area contributed by atoms with Crippen molar-refractivity contribution in [2.75, 3.05) is 13.2 Å². The molecular weight excluding hydrogens is 248 g/mol. The van der Waals surface area contributed by atoms with Crippen LogP contribution in [0.2, 0.25) is 0 Å². The Balaban J connectivity index is 2.17. The molecule has 0 saturated carbocycles. The number of amides is 2. The van der Waals surface area contributed by atoms with Crippen LogP contribution in [0.4, 0.5) is 4.79 Å². The maximum Gasteiger partial charge on any atom is 0.326 e. The second kappa shape index (κ2) is 8.74. The number of carboxylic acids is 1. The smallest absolute Gasteiger partial charge is 0.326 e. The van der Waals surface area contributed by atoms with Crippen LogP contribution >= 0.6 is 0 Å². The lowest BCUT2D eigenvalue weighted by Crippen LogP contribution is -2.46. The summed E-state index contributed by atoms with van der Waals surface area (Å²) in [5, 5.41) is 14.1. The largest absolute Gasteiger partial charge is 0.480 e. The Bertz CT molecular complexity index is 290. The number of carbonyl (C=O) groups is 2. The number of nitrogens with one attached hydrogen (secondary N) is 2. The summed E-state index contributed by atoms with van der Waals surface area (Å²) in [5.41, 5.74) is 0. The standard InChI is InChI=1S/C13H24N2O4/c1-2-3-6-11(12(16)17)15-13(18)14-8-7-10-5-4-9-19-10/h10-11H,2-9H2,1H3,(H,16,17)(H2,14,15,18)/t10?,11-/m0/s1. The fourth-order valence-corrected chi connectivity index (χ4v) is 2.09. The number of carbonyl (C=O) groups excluding carboxylic acids is 1. The number of hydrogen-bond acceptors (Lipinski definition) is 3. The molecule has 0 aromatic rings. The van der Waals surface area contributed by atoms with E-state index in [1.165, 1.54) is 0 Å². The van der Waals surface area contributed by atoms with E-state index in [9.17, 15) is 9.59 Å². The molecule has 0 spiro atoms. The van der Waals surface area contributed by atoms with Crippen LogP contribution < -0.4 is 10.6 Å². The van der Waals surface area contributed by atoms with Gasteiger partial charge in [0.25, 0.3) is 0 Å². The Kier molecular flexibility index (Phi) is 7.25. The molecule has 1 fully saturated rings. The maximum absolute atomic E-state index is 11.6. The van der Waals surface area contributed by atoms with Gasteiger partial charge in [0, 0.05) is 13.2 Å². The van der Waals surface area contributed by atoms with Crippen molar-refractivity contribution in [2.45, 2.75) is 57.6 Å². The van der Waals surface area contributed by atoms with Gasteiger partial charge < -0.3 is 20.5 Å². The molecule has 3 N–H and O–H groups in total. The number of ether oxygens (including phenoxy) is 1. The Morgan fingerprint density at radius 1 is 1.47 bits per heavy atom. The molecule has 1 unspecified atom stereocenters. The molecule has 1 aliphatic heterocycles. The van der Waals surface area contributed by atoms with E-state index in [0.717, 1.165) is 38.7 Å². The molecule has 0 aromatic carbocycles. The molecule has 0 radical (unpaired) electrons. The summed E-state index contributed by atoms with van der Waals surface area (Å²) < 4.78 is 5.44.